The van der Waals surface area contributed by atoms with Crippen LogP contribution in [0, 0.1) is 12.3 Å². The highest BCUT2D eigenvalue weighted by Crippen LogP contribution is 2.25. The fourth-order valence-electron chi connectivity index (χ4n) is 1.98. The summed E-state index contributed by atoms with van der Waals surface area (Å²) >= 11 is 0. The van der Waals surface area contributed by atoms with Crippen LogP contribution < -0.4 is 5.73 Å². The van der Waals surface area contributed by atoms with Crippen molar-refractivity contribution in [2.75, 3.05) is 5.73 Å². The molecular formula is C14H25N3. The van der Waals surface area contributed by atoms with Crippen molar-refractivity contribution >= 4 is 5.82 Å². The van der Waals surface area contributed by atoms with Crippen molar-refractivity contribution in [2.45, 2.75) is 60.3 Å². The van der Waals surface area contributed by atoms with Crippen molar-refractivity contribution in [1.29, 1.82) is 0 Å². The molecule has 17 heavy (non-hydrogen) atoms. The Labute approximate surface area is 105 Å². The maximum absolute atomic E-state index is 6.01. The van der Waals surface area contributed by atoms with Crippen LogP contribution in [0.1, 0.15) is 64.0 Å². The molecule has 0 radical (unpaired) electrons. The van der Waals surface area contributed by atoms with Crippen LogP contribution in [0.2, 0.25) is 0 Å². The molecule has 0 aliphatic heterocycles. The maximum atomic E-state index is 6.01. The number of rotatable bonds is 3. The standard InChI is InChI=1S/C14H25N3/c1-9(2)12-10(3)16-11(17-13(12)15)7-8-14(4,5)6/h9H,7-8H2,1-6H3,(H2,15,16,17). The van der Waals surface area contributed by atoms with Crippen LogP contribution in [0.15, 0.2) is 0 Å². The van der Waals surface area contributed by atoms with Crippen molar-refractivity contribution in [3.05, 3.63) is 17.1 Å². The second kappa shape index (κ2) is 5.03. The summed E-state index contributed by atoms with van der Waals surface area (Å²) in [5, 5.41) is 0. The van der Waals surface area contributed by atoms with Gasteiger partial charge in [0, 0.05) is 17.7 Å². The SMILES string of the molecule is Cc1nc(CCC(C)(C)C)nc(N)c1C(C)C. The lowest BCUT2D eigenvalue weighted by atomic mass is 9.90. The minimum Gasteiger partial charge on any atom is -0.383 e. The molecule has 0 amide bonds. The summed E-state index contributed by atoms with van der Waals surface area (Å²) in [5.74, 6) is 1.91. The fourth-order valence-corrected chi connectivity index (χ4v) is 1.98. The molecule has 3 nitrogen and oxygen atoms in total. The normalized spacial score (nSPS) is 12.2. The van der Waals surface area contributed by atoms with E-state index in [0.717, 1.165) is 29.9 Å². The zero-order valence-corrected chi connectivity index (χ0v) is 12.0. The molecule has 1 aromatic rings. The molecule has 0 unspecified atom stereocenters. The Hall–Kier alpha value is -1.12. The van der Waals surface area contributed by atoms with Crippen molar-refractivity contribution < 1.29 is 0 Å². The lowest BCUT2D eigenvalue weighted by Gasteiger charge is -2.18. The minimum absolute atomic E-state index is 0.308. The Balaban J connectivity index is 2.91. The number of nitrogen functional groups attached to an aromatic ring is 1. The zero-order chi connectivity index (χ0) is 13.2. The largest absolute Gasteiger partial charge is 0.383 e. The van der Waals surface area contributed by atoms with E-state index in [1.807, 2.05) is 6.92 Å². The quantitative estimate of drug-likeness (QED) is 0.872. The highest BCUT2D eigenvalue weighted by Gasteiger charge is 2.15. The topological polar surface area (TPSA) is 51.8 Å². The van der Waals surface area contributed by atoms with Gasteiger partial charge in [-0.1, -0.05) is 34.6 Å². The van der Waals surface area contributed by atoms with Crippen LogP contribution in [0.25, 0.3) is 0 Å². The van der Waals surface area contributed by atoms with Gasteiger partial charge in [0.1, 0.15) is 11.6 Å². The molecule has 96 valence electrons. The van der Waals surface area contributed by atoms with Crippen molar-refractivity contribution in [2.24, 2.45) is 5.41 Å². The first kappa shape index (κ1) is 13.9. The van der Waals surface area contributed by atoms with Crippen LogP contribution in [0.4, 0.5) is 5.82 Å². The predicted octanol–water partition coefficient (Wildman–Crippen LogP) is 3.47. The van der Waals surface area contributed by atoms with Gasteiger partial charge in [-0.25, -0.2) is 9.97 Å². The van der Waals surface area contributed by atoms with E-state index in [1.165, 1.54) is 0 Å². The molecule has 1 rings (SSSR count). The molecule has 3 heteroatoms. The summed E-state index contributed by atoms with van der Waals surface area (Å²) in [6, 6.07) is 0. The molecular weight excluding hydrogens is 210 g/mol. The lowest BCUT2D eigenvalue weighted by Crippen LogP contribution is -2.12. The maximum Gasteiger partial charge on any atom is 0.131 e. The number of anilines is 1. The van der Waals surface area contributed by atoms with Gasteiger partial charge in [0.05, 0.1) is 0 Å². The van der Waals surface area contributed by atoms with E-state index in [9.17, 15) is 0 Å². The molecule has 0 saturated heterocycles. The number of nitrogens with zero attached hydrogens (tertiary/aromatic N) is 2. The molecule has 1 aromatic heterocycles. The second-order valence-corrected chi connectivity index (χ2v) is 6.24. The van der Waals surface area contributed by atoms with Crippen molar-refractivity contribution in [3.63, 3.8) is 0 Å². The molecule has 0 aromatic carbocycles. The molecule has 0 spiro atoms. The number of aryl methyl sites for hydroxylation is 2. The van der Waals surface area contributed by atoms with Gasteiger partial charge < -0.3 is 5.73 Å². The van der Waals surface area contributed by atoms with E-state index in [1.54, 1.807) is 0 Å². The summed E-state index contributed by atoms with van der Waals surface area (Å²) in [6.45, 7) is 12.9. The highest BCUT2D eigenvalue weighted by molar-refractivity contribution is 5.44. The molecule has 0 fully saturated rings. The van der Waals surface area contributed by atoms with Gasteiger partial charge in [0.15, 0.2) is 0 Å². The lowest BCUT2D eigenvalue weighted by molar-refractivity contribution is 0.374. The number of aromatic nitrogens is 2. The molecule has 0 atom stereocenters. The third-order valence-electron chi connectivity index (χ3n) is 2.89. The summed E-state index contributed by atoms with van der Waals surface area (Å²) < 4.78 is 0. The molecule has 0 aliphatic rings. The van der Waals surface area contributed by atoms with Gasteiger partial charge >= 0.3 is 0 Å². The Morgan fingerprint density at radius 3 is 2.18 bits per heavy atom. The van der Waals surface area contributed by atoms with Gasteiger partial charge in [0.2, 0.25) is 0 Å². The van der Waals surface area contributed by atoms with E-state index in [0.29, 0.717) is 17.2 Å². The first-order chi connectivity index (χ1) is 7.70. The molecule has 2 N–H and O–H groups in total. The van der Waals surface area contributed by atoms with Crippen LogP contribution in [-0.4, -0.2) is 9.97 Å². The molecule has 0 aliphatic carbocycles. The van der Waals surface area contributed by atoms with Gasteiger partial charge in [-0.15, -0.1) is 0 Å². The van der Waals surface area contributed by atoms with Crippen molar-refractivity contribution in [1.82, 2.24) is 9.97 Å². The Morgan fingerprint density at radius 1 is 1.18 bits per heavy atom. The van der Waals surface area contributed by atoms with Crippen LogP contribution >= 0.6 is 0 Å². The average molecular weight is 235 g/mol. The molecule has 0 saturated carbocycles. The summed E-state index contributed by atoms with van der Waals surface area (Å²) in [6.07, 6.45) is 1.97. The number of nitrogens with two attached hydrogens (primary N) is 1. The third kappa shape index (κ3) is 3.99. The minimum atomic E-state index is 0.308. The molecule has 1 heterocycles. The first-order valence-corrected chi connectivity index (χ1v) is 6.33. The summed E-state index contributed by atoms with van der Waals surface area (Å²) in [4.78, 5) is 8.99. The number of hydrogen-bond acceptors (Lipinski definition) is 3. The van der Waals surface area contributed by atoms with Crippen LogP contribution in [0.5, 0.6) is 0 Å². The third-order valence-corrected chi connectivity index (χ3v) is 2.89. The monoisotopic (exact) mass is 235 g/mol. The smallest absolute Gasteiger partial charge is 0.131 e. The predicted molar refractivity (Wildman–Crippen MR) is 73.0 cm³/mol. The first-order valence-electron chi connectivity index (χ1n) is 6.33. The zero-order valence-electron chi connectivity index (χ0n) is 12.0. The summed E-state index contributed by atoms with van der Waals surface area (Å²) in [5.41, 5.74) is 8.43. The van der Waals surface area contributed by atoms with E-state index in [2.05, 4.69) is 44.6 Å². The van der Waals surface area contributed by atoms with Crippen LogP contribution in [-0.2, 0) is 6.42 Å². The Morgan fingerprint density at radius 2 is 1.76 bits per heavy atom. The fraction of sp³-hybridized carbons (Fsp3) is 0.714. The average Bonchev–Trinajstić information content (AvgIpc) is 2.11. The second-order valence-electron chi connectivity index (χ2n) is 6.24. The van der Waals surface area contributed by atoms with Gasteiger partial charge in [0.25, 0.3) is 0 Å². The van der Waals surface area contributed by atoms with Crippen molar-refractivity contribution in [3.8, 4) is 0 Å². The van der Waals surface area contributed by atoms with E-state index in [4.69, 9.17) is 5.73 Å². The Bertz CT molecular complexity index is 366. The van der Waals surface area contributed by atoms with E-state index >= 15 is 0 Å². The van der Waals surface area contributed by atoms with Gasteiger partial charge in [-0.05, 0) is 24.7 Å². The number of hydrogen-bond donors (Lipinski definition) is 1. The van der Waals surface area contributed by atoms with Crippen LogP contribution in [0.3, 0.4) is 0 Å². The van der Waals surface area contributed by atoms with E-state index < -0.39 is 0 Å². The summed E-state index contributed by atoms with van der Waals surface area (Å²) in [7, 11) is 0. The van der Waals surface area contributed by atoms with Gasteiger partial charge in [-0.3, -0.25) is 0 Å². The molecule has 0 bridgehead atoms. The van der Waals surface area contributed by atoms with E-state index in [-0.39, 0.29) is 0 Å². The highest BCUT2D eigenvalue weighted by atomic mass is 15.0. The van der Waals surface area contributed by atoms with Gasteiger partial charge in [-0.2, -0.15) is 0 Å². The Kier molecular flexibility index (Phi) is 4.12.